The molecule has 0 N–H and O–H groups in total. The van der Waals surface area contributed by atoms with Gasteiger partial charge in [-0.2, -0.15) is 13.2 Å². The Morgan fingerprint density at radius 1 is 1.00 bits per heavy atom. The fourth-order valence-electron chi connectivity index (χ4n) is 3.04. The summed E-state index contributed by atoms with van der Waals surface area (Å²) in [5.74, 6) is -0.253. The smallest absolute Gasteiger partial charge is 0.279 e. The fraction of sp³-hybridized carbons (Fsp3) is 0.118. The Bertz CT molecular complexity index is 1150. The highest BCUT2D eigenvalue weighted by molar-refractivity contribution is 6.35. The maximum absolute atomic E-state index is 13.4. The van der Waals surface area contributed by atoms with Crippen LogP contribution in [0.15, 0.2) is 42.5 Å². The van der Waals surface area contributed by atoms with E-state index in [1.54, 1.807) is 41.0 Å². The van der Waals surface area contributed by atoms with Crippen LogP contribution in [-0.4, -0.2) is 14.0 Å². The second-order valence-electron chi connectivity index (χ2n) is 5.59. The van der Waals surface area contributed by atoms with Crippen molar-refractivity contribution in [2.45, 2.75) is 12.1 Å². The zero-order chi connectivity index (χ0) is 18.6. The summed E-state index contributed by atoms with van der Waals surface area (Å²) < 4.78 is 43.3. The van der Waals surface area contributed by atoms with Crippen LogP contribution in [0.2, 0.25) is 10.0 Å². The third-order valence-corrected chi connectivity index (χ3v) is 4.86. The Morgan fingerprint density at radius 2 is 1.69 bits per heavy atom. The lowest BCUT2D eigenvalue weighted by Crippen LogP contribution is -2.09. The monoisotopic (exact) mass is 417 g/mol. The molecule has 134 valence electrons. The van der Waals surface area contributed by atoms with Gasteiger partial charge < -0.3 is 0 Å². The summed E-state index contributed by atoms with van der Waals surface area (Å²) in [5.41, 5.74) is 0.551. The molecule has 4 aromatic rings. The quantitative estimate of drug-likeness (QED) is 0.348. The number of fused-ring (bicyclic) bond motifs is 3. The Kier molecular flexibility index (Phi) is 4.10. The molecule has 0 fully saturated rings. The third-order valence-electron chi connectivity index (χ3n) is 4.06. The summed E-state index contributed by atoms with van der Waals surface area (Å²) in [6, 6.07) is 11.8. The van der Waals surface area contributed by atoms with Crippen molar-refractivity contribution in [2.24, 2.45) is 0 Å². The van der Waals surface area contributed by atoms with Crippen LogP contribution in [0.5, 0.6) is 0 Å². The standard InChI is InChI=1S/C17H9Cl3F3N3/c18-8-14-15(17(21,22)23)24-16-25(11-6-5-9(19)7-10(11)20)12-3-1-2-4-13(12)26(14)16/h1-7H,8H2. The first-order valence-corrected chi connectivity index (χ1v) is 8.71. The van der Waals surface area contributed by atoms with E-state index in [4.69, 9.17) is 34.8 Å². The third kappa shape index (κ3) is 2.55. The fourth-order valence-corrected chi connectivity index (χ4v) is 3.78. The number of benzene rings is 2. The normalized spacial score (nSPS) is 12.4. The van der Waals surface area contributed by atoms with E-state index in [-0.39, 0.29) is 17.4 Å². The number of imidazole rings is 2. The van der Waals surface area contributed by atoms with E-state index in [9.17, 15) is 13.2 Å². The van der Waals surface area contributed by atoms with Crippen LogP contribution in [0, 0.1) is 0 Å². The molecule has 0 bridgehead atoms. The molecule has 0 unspecified atom stereocenters. The van der Waals surface area contributed by atoms with Crippen LogP contribution in [0.1, 0.15) is 11.4 Å². The summed E-state index contributed by atoms with van der Waals surface area (Å²) in [7, 11) is 0. The lowest BCUT2D eigenvalue weighted by atomic mass is 10.2. The largest absolute Gasteiger partial charge is 0.435 e. The van der Waals surface area contributed by atoms with E-state index in [2.05, 4.69) is 4.98 Å². The number of hydrogen-bond acceptors (Lipinski definition) is 1. The van der Waals surface area contributed by atoms with Crippen LogP contribution >= 0.6 is 34.8 Å². The average Bonchev–Trinajstić information content (AvgIpc) is 3.10. The van der Waals surface area contributed by atoms with Gasteiger partial charge in [-0.25, -0.2) is 4.98 Å². The molecule has 0 radical (unpaired) electrons. The van der Waals surface area contributed by atoms with Crippen molar-refractivity contribution >= 4 is 51.6 Å². The molecule has 2 heterocycles. The first-order chi connectivity index (χ1) is 12.3. The molecule has 0 spiro atoms. The predicted molar refractivity (Wildman–Crippen MR) is 96.6 cm³/mol. The van der Waals surface area contributed by atoms with Gasteiger partial charge in [-0.1, -0.05) is 35.3 Å². The van der Waals surface area contributed by atoms with E-state index in [0.717, 1.165) is 0 Å². The Morgan fingerprint density at radius 3 is 2.31 bits per heavy atom. The summed E-state index contributed by atoms with van der Waals surface area (Å²) in [5, 5.41) is 0.719. The van der Waals surface area contributed by atoms with Gasteiger partial charge in [0.1, 0.15) is 0 Å². The van der Waals surface area contributed by atoms with Crippen molar-refractivity contribution in [2.75, 3.05) is 0 Å². The minimum atomic E-state index is -4.62. The highest BCUT2D eigenvalue weighted by Gasteiger charge is 2.39. The molecule has 2 aromatic heterocycles. The molecule has 4 rings (SSSR count). The molecule has 0 saturated carbocycles. The number of nitrogens with zero attached hydrogens (tertiary/aromatic N) is 3. The summed E-state index contributed by atoms with van der Waals surface area (Å²) in [6.07, 6.45) is -4.62. The molecule has 26 heavy (non-hydrogen) atoms. The Balaban J connectivity index is 2.19. The molecule has 0 aliphatic heterocycles. The maximum Gasteiger partial charge on any atom is 0.435 e. The summed E-state index contributed by atoms with van der Waals surface area (Å²) in [6.45, 7) is 0. The Hall–Kier alpha value is -1.89. The number of aromatic nitrogens is 3. The average molecular weight is 419 g/mol. The highest BCUT2D eigenvalue weighted by Crippen LogP contribution is 2.37. The first kappa shape index (κ1) is 17.5. The zero-order valence-corrected chi connectivity index (χ0v) is 15.1. The van der Waals surface area contributed by atoms with E-state index in [1.807, 2.05) is 0 Å². The van der Waals surface area contributed by atoms with Crippen LogP contribution in [0.25, 0.3) is 22.5 Å². The maximum atomic E-state index is 13.4. The molecule has 0 saturated heterocycles. The number of alkyl halides is 4. The van der Waals surface area contributed by atoms with Crippen molar-refractivity contribution in [3.05, 3.63) is 63.9 Å². The summed E-state index contributed by atoms with van der Waals surface area (Å²) >= 11 is 18.1. The molecule has 9 heteroatoms. The van der Waals surface area contributed by atoms with Crippen molar-refractivity contribution in [3.8, 4) is 5.69 Å². The first-order valence-electron chi connectivity index (χ1n) is 7.42. The topological polar surface area (TPSA) is 22.2 Å². The van der Waals surface area contributed by atoms with Gasteiger partial charge in [0, 0.05) is 5.02 Å². The molecule has 0 aliphatic carbocycles. The van der Waals surface area contributed by atoms with E-state index >= 15 is 0 Å². The molecular formula is C17H9Cl3F3N3. The lowest BCUT2D eigenvalue weighted by molar-refractivity contribution is -0.141. The van der Waals surface area contributed by atoms with Crippen LogP contribution in [0.4, 0.5) is 13.2 Å². The minimum Gasteiger partial charge on any atom is -0.279 e. The number of rotatable bonds is 2. The molecule has 3 nitrogen and oxygen atoms in total. The minimum absolute atomic E-state index is 0.0818. The SMILES string of the molecule is FC(F)(F)c1nc2n(-c3ccc(Cl)cc3Cl)c3ccccc3n2c1CCl. The van der Waals surface area contributed by atoms with Crippen LogP contribution < -0.4 is 0 Å². The second-order valence-corrected chi connectivity index (χ2v) is 6.70. The lowest BCUT2D eigenvalue weighted by Gasteiger charge is -2.08. The van der Waals surface area contributed by atoms with Crippen molar-refractivity contribution in [1.82, 2.24) is 14.0 Å². The van der Waals surface area contributed by atoms with Gasteiger partial charge in [-0.15, -0.1) is 11.6 Å². The van der Waals surface area contributed by atoms with E-state index < -0.39 is 11.9 Å². The van der Waals surface area contributed by atoms with Crippen LogP contribution in [0.3, 0.4) is 0 Å². The Labute approximate surface area is 160 Å². The van der Waals surface area contributed by atoms with E-state index in [1.165, 1.54) is 10.5 Å². The van der Waals surface area contributed by atoms with Gasteiger partial charge in [0.25, 0.3) is 0 Å². The number of para-hydroxylation sites is 2. The van der Waals surface area contributed by atoms with Crippen molar-refractivity contribution in [3.63, 3.8) is 0 Å². The van der Waals surface area contributed by atoms with Gasteiger partial charge in [-0.3, -0.25) is 8.97 Å². The van der Waals surface area contributed by atoms with Gasteiger partial charge in [0.2, 0.25) is 5.78 Å². The van der Waals surface area contributed by atoms with Crippen molar-refractivity contribution < 1.29 is 13.2 Å². The van der Waals surface area contributed by atoms with Gasteiger partial charge in [-0.05, 0) is 30.3 Å². The molecular weight excluding hydrogens is 410 g/mol. The molecule has 2 aromatic carbocycles. The number of hydrogen-bond donors (Lipinski definition) is 0. The molecule has 0 aliphatic rings. The van der Waals surface area contributed by atoms with Crippen molar-refractivity contribution in [1.29, 1.82) is 0 Å². The highest BCUT2D eigenvalue weighted by atomic mass is 35.5. The molecule has 0 atom stereocenters. The number of halogens is 6. The van der Waals surface area contributed by atoms with Gasteiger partial charge in [0.15, 0.2) is 5.69 Å². The molecule has 0 amide bonds. The van der Waals surface area contributed by atoms with Gasteiger partial charge in [0.05, 0.1) is 33.3 Å². The van der Waals surface area contributed by atoms with Gasteiger partial charge >= 0.3 is 6.18 Å². The van der Waals surface area contributed by atoms with Crippen LogP contribution in [-0.2, 0) is 12.1 Å². The zero-order valence-electron chi connectivity index (χ0n) is 12.9. The predicted octanol–water partition coefficient (Wildman–Crippen LogP) is 6.34. The second kappa shape index (κ2) is 6.08. The summed E-state index contributed by atoms with van der Waals surface area (Å²) in [4.78, 5) is 3.86. The van der Waals surface area contributed by atoms with E-state index in [0.29, 0.717) is 26.8 Å².